The molecule has 5 aromatic rings. The molecular weight excluding hydrogens is 761 g/mol. The van der Waals surface area contributed by atoms with Crippen LogP contribution in [0, 0.1) is 5.92 Å². The summed E-state index contributed by atoms with van der Waals surface area (Å²) in [5.41, 5.74) is 2.22. The average molecular weight is 810 g/mol. The second-order valence-electron chi connectivity index (χ2n) is 15.7. The third-order valence-electron chi connectivity index (χ3n) is 11.5. The maximum Gasteiger partial charge on any atom is 0.284 e. The van der Waals surface area contributed by atoms with Gasteiger partial charge < -0.3 is 24.6 Å². The number of fused-ring (bicyclic) bond motifs is 2. The number of hydrogen-bond donors (Lipinski definition) is 2. The molecule has 5 heterocycles. The van der Waals surface area contributed by atoms with Gasteiger partial charge in [0.2, 0.25) is 5.91 Å². The Morgan fingerprint density at radius 1 is 1.02 bits per heavy atom. The Hall–Kier alpha value is -5.74. The SMILES string of the molecule is CN(CCCCCc1ccccc1Oc1cccc2c1C(=O)NC(=O)C2)C[C@H]1CC[C@H](n2cc(NC(=O)c3cnn4ccc(N5CCOCC5)nc34)c(C(F)F)n2)CC1. The normalized spacial score (nSPS) is 18.4. The van der Waals surface area contributed by atoms with Crippen molar-refractivity contribution in [2.24, 2.45) is 5.92 Å². The van der Waals surface area contributed by atoms with Crippen LogP contribution < -0.4 is 20.3 Å². The third-order valence-corrected chi connectivity index (χ3v) is 11.5. The maximum absolute atomic E-state index is 14.2. The lowest BCUT2D eigenvalue weighted by Gasteiger charge is -2.31. The topological polar surface area (TPSA) is 148 Å². The quantitative estimate of drug-likeness (QED) is 0.0872. The maximum atomic E-state index is 14.2. The Morgan fingerprint density at radius 2 is 1.81 bits per heavy atom. The molecule has 0 spiro atoms. The van der Waals surface area contributed by atoms with Gasteiger partial charge in [-0.1, -0.05) is 36.8 Å². The predicted molar refractivity (Wildman–Crippen MR) is 216 cm³/mol. The number of rotatable bonds is 15. The van der Waals surface area contributed by atoms with Gasteiger partial charge in [-0.2, -0.15) is 10.2 Å². The highest BCUT2D eigenvalue weighted by molar-refractivity contribution is 6.11. The molecule has 16 heteroatoms. The number of morpholine rings is 1. The first-order valence-corrected chi connectivity index (χ1v) is 20.5. The number of hydrogen-bond acceptors (Lipinski definition) is 10. The summed E-state index contributed by atoms with van der Waals surface area (Å²) in [5, 5.41) is 13.6. The number of para-hydroxylation sites is 1. The number of imide groups is 1. The zero-order chi connectivity index (χ0) is 40.9. The molecule has 0 unspecified atom stereocenters. The minimum Gasteiger partial charge on any atom is -0.456 e. The van der Waals surface area contributed by atoms with E-state index in [1.54, 1.807) is 29.1 Å². The van der Waals surface area contributed by atoms with Crippen molar-refractivity contribution in [2.75, 3.05) is 56.7 Å². The second-order valence-corrected chi connectivity index (χ2v) is 15.7. The largest absolute Gasteiger partial charge is 0.456 e. The number of alkyl halides is 2. The molecule has 3 amide bonds. The summed E-state index contributed by atoms with van der Waals surface area (Å²) in [6, 6.07) is 15.0. The number of ether oxygens (including phenoxy) is 2. The minimum atomic E-state index is -2.85. The number of unbranched alkanes of at least 4 members (excludes halogenated alkanes) is 2. The van der Waals surface area contributed by atoms with E-state index in [0.29, 0.717) is 66.3 Å². The lowest BCUT2D eigenvalue weighted by molar-refractivity contribution is -0.119. The number of nitrogens with zero attached hydrogens (tertiary/aromatic N) is 7. The molecule has 3 aromatic heterocycles. The molecule has 0 bridgehead atoms. The molecule has 59 heavy (non-hydrogen) atoms. The standard InChI is InChI=1S/C43H49F2N9O5/c1-51(18-6-2-3-8-29-9-4-5-11-34(29)59-35-12-7-10-30-24-37(55)49-43(57)38(30)35)26-28-13-15-31(16-14-28)54-27-33(39(50-54)40(44)45)47-42(56)32-25-46-53-19-17-36(48-41(32)53)52-20-22-58-23-21-52/h4-5,7,9-12,17,19,25,27-28,31,40H,2-3,6,8,13-16,18,20-24,26H2,1H3,(H,47,56)(H,49,55,57)/t28-,31-. The van der Waals surface area contributed by atoms with E-state index in [-0.39, 0.29) is 29.6 Å². The summed E-state index contributed by atoms with van der Waals surface area (Å²) in [7, 11) is 2.15. The Balaban J connectivity index is 0.793. The van der Waals surface area contributed by atoms with Crippen LogP contribution in [0.5, 0.6) is 11.5 Å². The van der Waals surface area contributed by atoms with Gasteiger partial charge in [0.05, 0.1) is 43.1 Å². The van der Waals surface area contributed by atoms with Gasteiger partial charge in [-0.05, 0) is 93.8 Å². The van der Waals surface area contributed by atoms with E-state index in [1.807, 2.05) is 30.3 Å². The zero-order valence-corrected chi connectivity index (χ0v) is 33.1. The number of anilines is 2. The van der Waals surface area contributed by atoms with E-state index in [9.17, 15) is 23.2 Å². The first-order chi connectivity index (χ1) is 28.7. The van der Waals surface area contributed by atoms with Gasteiger partial charge in [-0.3, -0.25) is 24.4 Å². The molecule has 1 saturated heterocycles. The lowest BCUT2D eigenvalue weighted by atomic mass is 9.86. The van der Waals surface area contributed by atoms with Gasteiger partial charge in [0.15, 0.2) is 11.3 Å². The van der Waals surface area contributed by atoms with Crippen LogP contribution in [0.2, 0.25) is 0 Å². The summed E-state index contributed by atoms with van der Waals surface area (Å²) in [6.45, 7) is 4.47. The first-order valence-electron chi connectivity index (χ1n) is 20.5. The van der Waals surface area contributed by atoms with Crippen molar-refractivity contribution in [3.63, 3.8) is 0 Å². The second kappa shape index (κ2) is 18.0. The van der Waals surface area contributed by atoms with Crippen LogP contribution in [0.25, 0.3) is 5.65 Å². The molecule has 2 aromatic carbocycles. The van der Waals surface area contributed by atoms with Gasteiger partial charge in [0.25, 0.3) is 18.2 Å². The minimum absolute atomic E-state index is 0.00550. The number of amides is 3. The molecule has 2 N–H and O–H groups in total. The number of nitrogens with one attached hydrogen (secondary N) is 2. The third kappa shape index (κ3) is 9.28. The van der Waals surface area contributed by atoms with Crippen LogP contribution in [0.4, 0.5) is 20.3 Å². The van der Waals surface area contributed by atoms with E-state index < -0.39 is 23.9 Å². The van der Waals surface area contributed by atoms with Gasteiger partial charge in [-0.25, -0.2) is 18.3 Å². The van der Waals surface area contributed by atoms with Crippen molar-refractivity contribution < 1.29 is 32.6 Å². The number of aryl methyl sites for hydroxylation is 1. The molecule has 310 valence electrons. The molecule has 0 radical (unpaired) electrons. The van der Waals surface area contributed by atoms with Crippen LogP contribution in [-0.4, -0.2) is 93.4 Å². The molecule has 1 aliphatic carbocycles. The van der Waals surface area contributed by atoms with Gasteiger partial charge in [-0.15, -0.1) is 0 Å². The van der Waals surface area contributed by atoms with Crippen LogP contribution in [-0.2, 0) is 22.4 Å². The van der Waals surface area contributed by atoms with Crippen molar-refractivity contribution >= 4 is 34.9 Å². The highest BCUT2D eigenvalue weighted by atomic mass is 19.3. The van der Waals surface area contributed by atoms with Gasteiger partial charge in [0.1, 0.15) is 22.9 Å². The van der Waals surface area contributed by atoms with Gasteiger partial charge in [0, 0.05) is 32.0 Å². The van der Waals surface area contributed by atoms with E-state index in [1.165, 1.54) is 16.9 Å². The van der Waals surface area contributed by atoms with Crippen molar-refractivity contribution in [1.82, 2.24) is 34.6 Å². The fraction of sp³-hybridized carbons (Fsp3) is 0.442. The predicted octanol–water partition coefficient (Wildman–Crippen LogP) is 6.63. The van der Waals surface area contributed by atoms with Gasteiger partial charge >= 0.3 is 0 Å². The molecule has 3 aliphatic rings. The van der Waals surface area contributed by atoms with E-state index in [2.05, 4.69) is 42.7 Å². The van der Waals surface area contributed by atoms with Crippen LogP contribution in [0.15, 0.2) is 67.1 Å². The monoisotopic (exact) mass is 809 g/mol. The highest BCUT2D eigenvalue weighted by Crippen LogP contribution is 2.36. The van der Waals surface area contributed by atoms with E-state index in [4.69, 9.17) is 9.47 Å². The smallest absolute Gasteiger partial charge is 0.284 e. The molecule has 0 atom stereocenters. The molecule has 8 rings (SSSR count). The first kappa shape index (κ1) is 40.1. The molecule has 1 saturated carbocycles. The highest BCUT2D eigenvalue weighted by Gasteiger charge is 2.29. The van der Waals surface area contributed by atoms with Crippen molar-refractivity contribution in [2.45, 2.75) is 70.3 Å². The van der Waals surface area contributed by atoms with Crippen molar-refractivity contribution in [1.29, 1.82) is 0 Å². The summed E-state index contributed by atoms with van der Waals surface area (Å²) in [6.07, 6.45) is 9.43. The summed E-state index contributed by atoms with van der Waals surface area (Å²) in [4.78, 5) is 47.0. The fourth-order valence-corrected chi connectivity index (χ4v) is 8.43. The number of benzene rings is 2. The molecule has 2 fully saturated rings. The Morgan fingerprint density at radius 3 is 2.63 bits per heavy atom. The van der Waals surface area contributed by atoms with Crippen molar-refractivity contribution in [3.8, 4) is 11.5 Å². The fourth-order valence-electron chi connectivity index (χ4n) is 8.43. The summed E-state index contributed by atoms with van der Waals surface area (Å²) >= 11 is 0. The van der Waals surface area contributed by atoms with E-state index >= 15 is 0 Å². The Kier molecular flexibility index (Phi) is 12.2. The Labute approximate surface area is 340 Å². The van der Waals surface area contributed by atoms with E-state index in [0.717, 1.165) is 70.0 Å². The van der Waals surface area contributed by atoms with Crippen molar-refractivity contribution in [3.05, 3.63) is 95.1 Å². The number of carbonyl (C=O) groups is 3. The number of halogens is 2. The Bertz CT molecular complexity index is 2300. The molecule has 2 aliphatic heterocycles. The lowest BCUT2D eigenvalue weighted by Crippen LogP contribution is -2.37. The zero-order valence-electron chi connectivity index (χ0n) is 33.1. The molecule has 14 nitrogen and oxygen atoms in total. The summed E-state index contributed by atoms with van der Waals surface area (Å²) < 4.78 is 43.3. The van der Waals surface area contributed by atoms with Crippen LogP contribution in [0.1, 0.15) is 94.9 Å². The summed E-state index contributed by atoms with van der Waals surface area (Å²) in [5.74, 6) is 1.03. The number of carbonyl (C=O) groups excluding carboxylic acids is 3. The van der Waals surface area contributed by atoms with Crippen LogP contribution in [0.3, 0.4) is 0 Å². The number of aromatic nitrogens is 5. The molecular formula is C43H49F2N9O5. The average Bonchev–Trinajstić information content (AvgIpc) is 3.86. The van der Waals surface area contributed by atoms with Crippen LogP contribution >= 0.6 is 0 Å².